The van der Waals surface area contributed by atoms with E-state index in [4.69, 9.17) is 23.2 Å². The third kappa shape index (κ3) is 4.33. The van der Waals surface area contributed by atoms with Crippen LogP contribution in [-0.2, 0) is 9.59 Å². The molecule has 8 heteroatoms. The summed E-state index contributed by atoms with van der Waals surface area (Å²) < 4.78 is 0. The van der Waals surface area contributed by atoms with Gasteiger partial charge in [-0.3, -0.25) is 19.4 Å². The Hall–Kier alpha value is -2.12. The van der Waals surface area contributed by atoms with Gasteiger partial charge in [0.1, 0.15) is 10.7 Å². The highest BCUT2D eigenvalue weighted by atomic mass is 35.5. The molecule has 0 unspecified atom stereocenters. The molecule has 2 fully saturated rings. The van der Waals surface area contributed by atoms with Crippen LogP contribution in [0.15, 0.2) is 60.7 Å². The zero-order valence-electron chi connectivity index (χ0n) is 18.6. The van der Waals surface area contributed by atoms with Crippen molar-refractivity contribution in [2.45, 2.75) is 24.6 Å². The van der Waals surface area contributed by atoms with Gasteiger partial charge in [0.2, 0.25) is 11.8 Å². The van der Waals surface area contributed by atoms with Crippen molar-refractivity contribution in [3.63, 3.8) is 0 Å². The van der Waals surface area contributed by atoms with E-state index in [0.717, 1.165) is 33.6 Å². The summed E-state index contributed by atoms with van der Waals surface area (Å²) in [6.45, 7) is 3.89. The van der Waals surface area contributed by atoms with Crippen molar-refractivity contribution in [2.24, 2.45) is 0 Å². The molecule has 2 amide bonds. The van der Waals surface area contributed by atoms with Crippen LogP contribution in [0.4, 0.5) is 11.4 Å². The van der Waals surface area contributed by atoms with Crippen molar-refractivity contribution in [3.8, 4) is 0 Å². The van der Waals surface area contributed by atoms with Crippen molar-refractivity contribution in [1.29, 1.82) is 0 Å². The van der Waals surface area contributed by atoms with Crippen LogP contribution < -0.4 is 9.80 Å². The lowest BCUT2D eigenvalue weighted by molar-refractivity contribution is -0.116. The summed E-state index contributed by atoms with van der Waals surface area (Å²) in [5.74, 6) is 0.983. The fraction of sp³-hybridized carbons (Fsp3) is 0.231. The average molecular weight is 530 g/mol. The molecule has 0 bridgehead atoms. The van der Waals surface area contributed by atoms with Crippen LogP contribution in [0.25, 0.3) is 0 Å². The Balaban J connectivity index is 1.42. The summed E-state index contributed by atoms with van der Waals surface area (Å²) in [6, 6.07) is 19.7. The van der Waals surface area contributed by atoms with Gasteiger partial charge in [0.15, 0.2) is 0 Å². The number of hydrogen-bond donors (Lipinski definition) is 0. The van der Waals surface area contributed by atoms with Gasteiger partial charge in [0, 0.05) is 21.4 Å². The number of carbonyl (C=O) groups is 2. The number of amides is 2. The summed E-state index contributed by atoms with van der Waals surface area (Å²) in [4.78, 5) is 29.1. The zero-order chi connectivity index (χ0) is 24.0. The monoisotopic (exact) mass is 528 g/mol. The van der Waals surface area contributed by atoms with Crippen LogP contribution in [0.5, 0.6) is 0 Å². The van der Waals surface area contributed by atoms with Crippen LogP contribution in [-0.4, -0.2) is 23.3 Å². The van der Waals surface area contributed by atoms with Crippen molar-refractivity contribution in [3.05, 3.63) is 93.0 Å². The van der Waals surface area contributed by atoms with E-state index in [0.29, 0.717) is 21.6 Å². The molecule has 0 N–H and O–H groups in total. The van der Waals surface area contributed by atoms with E-state index in [9.17, 15) is 9.59 Å². The molecule has 34 heavy (non-hydrogen) atoms. The highest BCUT2D eigenvalue weighted by Crippen LogP contribution is 2.45. The maximum absolute atomic E-state index is 12.7. The molecular formula is C26H22Cl2N2O2S2. The average Bonchev–Trinajstić information content (AvgIpc) is 3.40. The molecule has 0 saturated carbocycles. The van der Waals surface area contributed by atoms with Crippen molar-refractivity contribution >= 4 is 69.9 Å². The van der Waals surface area contributed by atoms with E-state index < -0.39 is 0 Å². The molecule has 0 aliphatic carbocycles. The zero-order valence-corrected chi connectivity index (χ0v) is 21.8. The van der Waals surface area contributed by atoms with Crippen LogP contribution in [0.3, 0.4) is 0 Å². The first kappa shape index (κ1) is 23.6. The van der Waals surface area contributed by atoms with Gasteiger partial charge in [0.05, 0.1) is 11.5 Å². The van der Waals surface area contributed by atoms with E-state index in [2.05, 4.69) is 24.3 Å². The molecule has 2 aliphatic heterocycles. The van der Waals surface area contributed by atoms with E-state index in [1.165, 1.54) is 0 Å². The number of nitrogens with zero attached hydrogens (tertiary/aromatic N) is 2. The maximum Gasteiger partial charge on any atom is 0.238 e. The van der Waals surface area contributed by atoms with E-state index in [1.807, 2.05) is 60.0 Å². The van der Waals surface area contributed by atoms with Crippen LogP contribution >= 0.6 is 46.7 Å². The Labute approximate surface area is 217 Å². The van der Waals surface area contributed by atoms with Crippen molar-refractivity contribution < 1.29 is 9.59 Å². The lowest BCUT2D eigenvalue weighted by Crippen LogP contribution is -2.28. The molecule has 3 aromatic carbocycles. The number of halogens is 2. The van der Waals surface area contributed by atoms with E-state index in [-0.39, 0.29) is 22.6 Å². The lowest BCUT2D eigenvalue weighted by atomic mass is 10.1. The third-order valence-electron chi connectivity index (χ3n) is 6.11. The molecule has 0 radical (unpaired) electrons. The van der Waals surface area contributed by atoms with Crippen LogP contribution in [0, 0.1) is 13.8 Å². The number of aryl methyl sites for hydroxylation is 2. The van der Waals surface area contributed by atoms with Crippen molar-refractivity contribution in [2.75, 3.05) is 21.3 Å². The number of hydrogen-bond acceptors (Lipinski definition) is 4. The minimum absolute atomic E-state index is 0.0679. The molecule has 2 saturated heterocycles. The topological polar surface area (TPSA) is 40.6 Å². The second-order valence-electron chi connectivity index (χ2n) is 8.39. The molecular weight excluding hydrogens is 507 g/mol. The number of carbonyl (C=O) groups excluding carboxylic acids is 2. The highest BCUT2D eigenvalue weighted by Gasteiger charge is 2.36. The van der Waals surface area contributed by atoms with Gasteiger partial charge in [-0.25, -0.2) is 0 Å². The predicted molar refractivity (Wildman–Crippen MR) is 144 cm³/mol. The Morgan fingerprint density at radius 3 is 1.41 bits per heavy atom. The summed E-state index contributed by atoms with van der Waals surface area (Å²) in [5, 5.41) is 1.06. The Morgan fingerprint density at radius 2 is 1.06 bits per heavy atom. The minimum Gasteiger partial charge on any atom is -0.295 e. The highest BCUT2D eigenvalue weighted by molar-refractivity contribution is 8.01. The predicted octanol–water partition coefficient (Wildman–Crippen LogP) is 7.17. The van der Waals surface area contributed by atoms with E-state index in [1.54, 1.807) is 23.5 Å². The summed E-state index contributed by atoms with van der Waals surface area (Å²) in [7, 11) is 0. The lowest BCUT2D eigenvalue weighted by Gasteiger charge is -2.27. The molecule has 3 aromatic rings. The quantitative estimate of drug-likeness (QED) is 0.359. The number of thioether (sulfide) groups is 2. The van der Waals surface area contributed by atoms with Crippen LogP contribution in [0.1, 0.15) is 33.0 Å². The molecule has 174 valence electrons. The smallest absolute Gasteiger partial charge is 0.238 e. The van der Waals surface area contributed by atoms with Gasteiger partial charge < -0.3 is 0 Å². The standard InChI is InChI=1S/C26H22Cl2N2O2S2/c1-15-3-9-19(11-21(15)27)29-23(31)13-33-25(29)17-5-7-18(8-6-17)26-30(24(32)14-34-26)20-10-4-16(2)22(28)12-20/h3-12,25-26H,13-14H2,1-2H3/t25-,26+. The summed E-state index contributed by atoms with van der Waals surface area (Å²) in [5.41, 5.74) is 5.64. The van der Waals surface area contributed by atoms with Crippen molar-refractivity contribution in [1.82, 2.24) is 0 Å². The maximum atomic E-state index is 12.7. The Morgan fingerprint density at radius 1 is 0.676 bits per heavy atom. The van der Waals surface area contributed by atoms with E-state index >= 15 is 0 Å². The SMILES string of the molecule is Cc1ccc(N2C(=O)CS[C@@H]2c2ccc([C@@H]3SCC(=O)N3c3ccc(C)c(Cl)c3)cc2)cc1Cl. The Kier molecular flexibility index (Phi) is 6.60. The molecule has 2 aliphatic rings. The molecule has 2 atom stereocenters. The molecule has 5 rings (SSSR count). The molecule has 0 aromatic heterocycles. The first-order valence-corrected chi connectivity index (χ1v) is 13.7. The summed E-state index contributed by atoms with van der Waals surface area (Å²) in [6.07, 6.45) is 0. The fourth-order valence-electron chi connectivity index (χ4n) is 4.19. The number of benzene rings is 3. The van der Waals surface area contributed by atoms with Gasteiger partial charge in [-0.1, -0.05) is 59.6 Å². The molecule has 4 nitrogen and oxygen atoms in total. The number of rotatable bonds is 4. The Bertz CT molecular complexity index is 1180. The van der Waals surface area contributed by atoms with Gasteiger partial charge in [-0.15, -0.1) is 23.5 Å². The minimum atomic E-state index is -0.120. The van der Waals surface area contributed by atoms with Gasteiger partial charge in [-0.2, -0.15) is 0 Å². The fourth-order valence-corrected chi connectivity index (χ4v) is 6.89. The normalized spacial score (nSPS) is 20.5. The molecule has 0 spiro atoms. The number of anilines is 2. The largest absolute Gasteiger partial charge is 0.295 e. The molecule has 2 heterocycles. The van der Waals surface area contributed by atoms with Crippen LogP contribution in [0.2, 0.25) is 10.0 Å². The van der Waals surface area contributed by atoms with Gasteiger partial charge in [-0.05, 0) is 60.4 Å². The van der Waals surface area contributed by atoms with Gasteiger partial charge in [0.25, 0.3) is 0 Å². The second kappa shape index (κ2) is 9.50. The third-order valence-corrected chi connectivity index (χ3v) is 9.35. The first-order valence-electron chi connectivity index (χ1n) is 10.8. The summed E-state index contributed by atoms with van der Waals surface area (Å²) >= 11 is 15.9. The first-order chi connectivity index (χ1) is 16.3. The van der Waals surface area contributed by atoms with Gasteiger partial charge >= 0.3 is 0 Å². The second-order valence-corrected chi connectivity index (χ2v) is 11.3.